The molecule has 1 unspecified atom stereocenters. The number of anilines is 2. The van der Waals surface area contributed by atoms with Crippen LogP contribution in [-0.4, -0.2) is 67.2 Å². The molecular weight excluding hydrogens is 388 g/mol. The van der Waals surface area contributed by atoms with Crippen LogP contribution in [0.3, 0.4) is 0 Å². The number of rotatable bonds is 3. The number of carbonyl (C=O) groups is 1. The lowest BCUT2D eigenvalue weighted by atomic mass is 10.1. The molecule has 0 saturated carbocycles. The Balaban J connectivity index is 2.13. The van der Waals surface area contributed by atoms with Gasteiger partial charge in [0.2, 0.25) is 11.8 Å². The number of nitrogens with zero attached hydrogens (tertiary/aromatic N) is 4. The SMILES string of the molecule is COC(=O)CN1c2nc(N3CCOCC3C)c(F)c(=O)n2CC[C@H]1C(F)(F)F. The molecule has 156 valence electrons. The fourth-order valence-electron chi connectivity index (χ4n) is 3.43. The van der Waals surface area contributed by atoms with E-state index in [0.29, 0.717) is 4.90 Å². The lowest BCUT2D eigenvalue weighted by Gasteiger charge is -2.40. The molecule has 1 saturated heterocycles. The standard InChI is InChI=1S/C16H20F4N4O4/c1-9-8-28-6-5-22(9)13-12(17)14(26)23-4-3-10(16(18,19)20)24(15(23)21-13)7-11(25)27-2/h9-10H,3-8H2,1-2H3/t9?,10-/m0/s1. The summed E-state index contributed by atoms with van der Waals surface area (Å²) in [6.07, 6.45) is -5.18. The van der Waals surface area contributed by atoms with Crippen LogP contribution in [0.5, 0.6) is 0 Å². The number of halogens is 4. The van der Waals surface area contributed by atoms with Crippen molar-refractivity contribution in [3.8, 4) is 0 Å². The topological polar surface area (TPSA) is 76.9 Å². The van der Waals surface area contributed by atoms with Crippen molar-refractivity contribution in [1.29, 1.82) is 0 Å². The first-order chi connectivity index (χ1) is 13.1. The number of esters is 1. The van der Waals surface area contributed by atoms with Gasteiger partial charge in [-0.15, -0.1) is 0 Å². The highest BCUT2D eigenvalue weighted by atomic mass is 19.4. The molecule has 1 aromatic rings. The number of hydrogen-bond donors (Lipinski definition) is 0. The van der Waals surface area contributed by atoms with Gasteiger partial charge >= 0.3 is 12.1 Å². The summed E-state index contributed by atoms with van der Waals surface area (Å²) in [4.78, 5) is 30.4. The van der Waals surface area contributed by atoms with Gasteiger partial charge in [0, 0.05) is 13.1 Å². The predicted molar refractivity (Wildman–Crippen MR) is 89.9 cm³/mol. The van der Waals surface area contributed by atoms with Crippen molar-refractivity contribution in [1.82, 2.24) is 9.55 Å². The lowest BCUT2D eigenvalue weighted by Crippen LogP contribution is -2.55. The van der Waals surface area contributed by atoms with Crippen LogP contribution in [0.1, 0.15) is 13.3 Å². The molecule has 1 aromatic heterocycles. The molecule has 0 amide bonds. The quantitative estimate of drug-likeness (QED) is 0.544. The molecule has 0 spiro atoms. The van der Waals surface area contributed by atoms with Crippen LogP contribution in [0.25, 0.3) is 0 Å². The minimum absolute atomic E-state index is 0.230. The Morgan fingerprint density at radius 1 is 1.36 bits per heavy atom. The molecule has 0 bridgehead atoms. The molecule has 12 heteroatoms. The Labute approximate surface area is 157 Å². The molecule has 3 rings (SSSR count). The number of carbonyl (C=O) groups excluding carboxylic acids is 1. The lowest BCUT2D eigenvalue weighted by molar-refractivity contribution is -0.155. The summed E-state index contributed by atoms with van der Waals surface area (Å²) in [5.74, 6) is -2.81. The highest BCUT2D eigenvalue weighted by molar-refractivity contribution is 5.75. The third-order valence-corrected chi connectivity index (χ3v) is 4.88. The summed E-state index contributed by atoms with van der Waals surface area (Å²) < 4.78 is 65.9. The van der Waals surface area contributed by atoms with E-state index in [4.69, 9.17) is 4.74 Å². The van der Waals surface area contributed by atoms with Gasteiger partial charge in [-0.05, 0) is 13.3 Å². The molecule has 2 aliphatic heterocycles. The van der Waals surface area contributed by atoms with E-state index in [0.717, 1.165) is 11.7 Å². The van der Waals surface area contributed by atoms with Crippen LogP contribution in [0.2, 0.25) is 0 Å². The second-order valence-corrected chi connectivity index (χ2v) is 6.67. The van der Waals surface area contributed by atoms with Gasteiger partial charge in [-0.2, -0.15) is 22.5 Å². The normalized spacial score (nSPS) is 22.8. The first-order valence-electron chi connectivity index (χ1n) is 8.70. The number of fused-ring (bicyclic) bond motifs is 1. The highest BCUT2D eigenvalue weighted by Gasteiger charge is 2.48. The fraction of sp³-hybridized carbons (Fsp3) is 0.688. The van der Waals surface area contributed by atoms with Crippen LogP contribution in [-0.2, 0) is 20.8 Å². The molecule has 0 radical (unpaired) electrons. The zero-order valence-corrected chi connectivity index (χ0v) is 15.3. The average Bonchev–Trinajstić information content (AvgIpc) is 2.64. The van der Waals surface area contributed by atoms with Crippen LogP contribution in [0.4, 0.5) is 29.3 Å². The Bertz CT molecular complexity index is 813. The van der Waals surface area contributed by atoms with Gasteiger partial charge in [0.05, 0.1) is 26.4 Å². The van der Waals surface area contributed by atoms with Crippen molar-refractivity contribution in [3.05, 3.63) is 16.2 Å². The molecule has 28 heavy (non-hydrogen) atoms. The van der Waals surface area contributed by atoms with E-state index in [9.17, 15) is 27.2 Å². The van der Waals surface area contributed by atoms with Crippen LogP contribution in [0.15, 0.2) is 4.79 Å². The van der Waals surface area contributed by atoms with E-state index < -0.39 is 48.5 Å². The summed E-state index contributed by atoms with van der Waals surface area (Å²) in [6, 6.07) is -2.37. The molecule has 0 aromatic carbocycles. The van der Waals surface area contributed by atoms with Gasteiger partial charge < -0.3 is 19.3 Å². The molecule has 0 aliphatic carbocycles. The molecular formula is C16H20F4N4O4. The van der Waals surface area contributed by atoms with Crippen molar-refractivity contribution in [2.45, 2.75) is 38.1 Å². The molecule has 3 heterocycles. The van der Waals surface area contributed by atoms with E-state index >= 15 is 0 Å². The molecule has 8 nitrogen and oxygen atoms in total. The van der Waals surface area contributed by atoms with Gasteiger partial charge in [-0.1, -0.05) is 0 Å². The van der Waals surface area contributed by atoms with Crippen LogP contribution in [0, 0.1) is 5.82 Å². The Morgan fingerprint density at radius 2 is 2.07 bits per heavy atom. The van der Waals surface area contributed by atoms with Gasteiger partial charge in [0.1, 0.15) is 12.6 Å². The maximum absolute atomic E-state index is 14.7. The number of aromatic nitrogens is 2. The van der Waals surface area contributed by atoms with E-state index in [1.54, 1.807) is 6.92 Å². The van der Waals surface area contributed by atoms with E-state index in [1.807, 2.05) is 0 Å². The van der Waals surface area contributed by atoms with Gasteiger partial charge in [0.25, 0.3) is 5.56 Å². The van der Waals surface area contributed by atoms with Crippen molar-refractivity contribution in [2.24, 2.45) is 0 Å². The van der Waals surface area contributed by atoms with Crippen molar-refractivity contribution < 1.29 is 31.8 Å². The van der Waals surface area contributed by atoms with E-state index in [1.165, 1.54) is 4.90 Å². The molecule has 2 atom stereocenters. The predicted octanol–water partition coefficient (Wildman–Crippen LogP) is 0.921. The fourth-order valence-corrected chi connectivity index (χ4v) is 3.43. The minimum atomic E-state index is -4.67. The third kappa shape index (κ3) is 3.64. The second kappa shape index (κ2) is 7.57. The van der Waals surface area contributed by atoms with Gasteiger partial charge in [-0.3, -0.25) is 14.2 Å². The second-order valence-electron chi connectivity index (χ2n) is 6.67. The van der Waals surface area contributed by atoms with Crippen molar-refractivity contribution >= 4 is 17.7 Å². The third-order valence-electron chi connectivity index (χ3n) is 4.88. The minimum Gasteiger partial charge on any atom is -0.468 e. The number of hydrogen-bond acceptors (Lipinski definition) is 7. The summed E-state index contributed by atoms with van der Waals surface area (Å²) in [6.45, 7) is 1.35. The zero-order chi connectivity index (χ0) is 20.6. The van der Waals surface area contributed by atoms with Crippen LogP contribution >= 0.6 is 0 Å². The first-order valence-corrected chi connectivity index (χ1v) is 8.70. The molecule has 2 aliphatic rings. The number of methoxy groups -OCH3 is 1. The van der Waals surface area contributed by atoms with E-state index in [-0.39, 0.29) is 38.2 Å². The summed E-state index contributed by atoms with van der Waals surface area (Å²) in [5.41, 5.74) is -1.07. The Morgan fingerprint density at radius 3 is 2.68 bits per heavy atom. The largest absolute Gasteiger partial charge is 0.468 e. The number of ether oxygens (including phenoxy) is 2. The number of morpholine rings is 1. The summed E-state index contributed by atoms with van der Waals surface area (Å²) in [5, 5.41) is 0. The Hall–Kier alpha value is -2.37. The van der Waals surface area contributed by atoms with Gasteiger partial charge in [-0.25, -0.2) is 0 Å². The van der Waals surface area contributed by atoms with E-state index in [2.05, 4.69) is 9.72 Å². The summed E-state index contributed by atoms with van der Waals surface area (Å²) >= 11 is 0. The van der Waals surface area contributed by atoms with Crippen molar-refractivity contribution in [3.63, 3.8) is 0 Å². The zero-order valence-electron chi connectivity index (χ0n) is 15.3. The number of alkyl halides is 3. The smallest absolute Gasteiger partial charge is 0.408 e. The van der Waals surface area contributed by atoms with Crippen molar-refractivity contribution in [2.75, 3.05) is 43.2 Å². The molecule has 1 fully saturated rings. The Kier molecular flexibility index (Phi) is 5.50. The monoisotopic (exact) mass is 408 g/mol. The maximum atomic E-state index is 14.7. The maximum Gasteiger partial charge on any atom is 0.408 e. The average molecular weight is 408 g/mol. The molecule has 0 N–H and O–H groups in total. The highest BCUT2D eigenvalue weighted by Crippen LogP contribution is 2.34. The first kappa shape index (κ1) is 20.4. The van der Waals surface area contributed by atoms with Crippen LogP contribution < -0.4 is 15.4 Å². The van der Waals surface area contributed by atoms with Gasteiger partial charge in [0.15, 0.2) is 5.82 Å². The summed E-state index contributed by atoms with van der Waals surface area (Å²) in [7, 11) is 1.04.